The molecule has 2 nitrogen and oxygen atoms in total. The zero-order valence-electron chi connectivity index (χ0n) is 10.2. The van der Waals surface area contributed by atoms with Crippen LogP contribution in [0.3, 0.4) is 0 Å². The second-order valence-electron chi connectivity index (χ2n) is 5.33. The lowest BCUT2D eigenvalue weighted by Gasteiger charge is -2.33. The molecule has 1 unspecified atom stereocenters. The van der Waals surface area contributed by atoms with Crippen LogP contribution in [0.5, 0.6) is 0 Å². The van der Waals surface area contributed by atoms with Crippen LogP contribution in [-0.4, -0.2) is 18.6 Å². The van der Waals surface area contributed by atoms with Crippen molar-refractivity contribution in [2.45, 2.75) is 25.8 Å². The second kappa shape index (κ2) is 4.46. The summed E-state index contributed by atoms with van der Waals surface area (Å²) >= 11 is 5.83. The smallest absolute Gasteiger partial charge is 0.141 e. The van der Waals surface area contributed by atoms with Crippen molar-refractivity contribution in [3.05, 3.63) is 29.0 Å². The van der Waals surface area contributed by atoms with E-state index in [1.807, 2.05) is 0 Å². The molecule has 2 N–H and O–H groups in total. The Hall–Kier alpha value is -0.800. The molecule has 1 aromatic carbocycles. The molecule has 0 aromatic heterocycles. The van der Waals surface area contributed by atoms with E-state index < -0.39 is 0 Å². The van der Waals surface area contributed by atoms with Crippen molar-refractivity contribution in [3.63, 3.8) is 0 Å². The number of rotatable bonds is 2. The van der Waals surface area contributed by atoms with E-state index in [0.717, 1.165) is 18.7 Å². The highest BCUT2D eigenvalue weighted by Gasteiger charge is 2.37. The fourth-order valence-electron chi connectivity index (χ4n) is 2.65. The van der Waals surface area contributed by atoms with Gasteiger partial charge in [-0.15, -0.1) is 0 Å². The summed E-state index contributed by atoms with van der Waals surface area (Å²) in [7, 11) is 0. The maximum atomic E-state index is 13.2. The molecule has 1 heterocycles. The third-order valence-corrected chi connectivity index (χ3v) is 3.80. The zero-order chi connectivity index (χ0) is 12.6. The first-order valence-electron chi connectivity index (χ1n) is 5.87. The zero-order valence-corrected chi connectivity index (χ0v) is 11.0. The van der Waals surface area contributed by atoms with Crippen LogP contribution in [0.2, 0.25) is 5.02 Å². The Morgan fingerprint density at radius 2 is 2.24 bits per heavy atom. The van der Waals surface area contributed by atoms with Crippen LogP contribution in [-0.2, 0) is 0 Å². The van der Waals surface area contributed by atoms with Crippen LogP contribution in [0.15, 0.2) is 18.2 Å². The Balaban J connectivity index is 2.30. The van der Waals surface area contributed by atoms with Crippen molar-refractivity contribution in [1.82, 2.24) is 0 Å². The molecule has 0 amide bonds. The van der Waals surface area contributed by atoms with E-state index >= 15 is 0 Å². The van der Waals surface area contributed by atoms with Crippen LogP contribution in [0.4, 0.5) is 10.1 Å². The number of nitrogens with two attached hydrogens (primary N) is 1. The average Bonchev–Trinajstić information content (AvgIpc) is 2.58. The highest BCUT2D eigenvalue weighted by Crippen LogP contribution is 2.37. The summed E-state index contributed by atoms with van der Waals surface area (Å²) in [6, 6.07) is 4.89. The summed E-state index contributed by atoms with van der Waals surface area (Å²) in [6.45, 7) is 5.96. The van der Waals surface area contributed by atoms with Crippen molar-refractivity contribution in [1.29, 1.82) is 0 Å². The van der Waals surface area contributed by atoms with Crippen LogP contribution in [0.1, 0.15) is 20.3 Å². The van der Waals surface area contributed by atoms with E-state index in [9.17, 15) is 4.39 Å². The van der Waals surface area contributed by atoms with Crippen LogP contribution >= 0.6 is 11.6 Å². The van der Waals surface area contributed by atoms with E-state index in [-0.39, 0.29) is 16.4 Å². The van der Waals surface area contributed by atoms with Crippen LogP contribution in [0, 0.1) is 11.7 Å². The lowest BCUT2D eigenvalue weighted by molar-refractivity contribution is 0.476. The lowest BCUT2D eigenvalue weighted by Crippen LogP contribution is -2.38. The van der Waals surface area contributed by atoms with Gasteiger partial charge < -0.3 is 10.6 Å². The monoisotopic (exact) mass is 256 g/mol. The maximum absolute atomic E-state index is 13.2. The van der Waals surface area contributed by atoms with Crippen molar-refractivity contribution in [2.24, 2.45) is 11.7 Å². The predicted molar refractivity (Wildman–Crippen MR) is 70.0 cm³/mol. The fraction of sp³-hybridized carbons (Fsp3) is 0.538. The Morgan fingerprint density at radius 1 is 1.53 bits per heavy atom. The molecule has 0 bridgehead atoms. The molecule has 0 saturated carbocycles. The second-order valence-corrected chi connectivity index (χ2v) is 5.73. The molecule has 2 rings (SSSR count). The Morgan fingerprint density at radius 3 is 2.76 bits per heavy atom. The van der Waals surface area contributed by atoms with Crippen molar-refractivity contribution < 1.29 is 4.39 Å². The van der Waals surface area contributed by atoms with Gasteiger partial charge in [-0.3, -0.25) is 0 Å². The molecule has 94 valence electrons. The van der Waals surface area contributed by atoms with E-state index in [1.165, 1.54) is 6.07 Å². The van der Waals surface area contributed by atoms with Gasteiger partial charge in [-0.05, 0) is 50.9 Å². The maximum Gasteiger partial charge on any atom is 0.141 e. The largest absolute Gasteiger partial charge is 0.366 e. The molecule has 0 aliphatic carbocycles. The molecular formula is C13H18ClFN2. The number of halogens is 2. The van der Waals surface area contributed by atoms with E-state index in [2.05, 4.69) is 18.7 Å². The lowest BCUT2D eigenvalue weighted by atomic mass is 9.96. The molecular weight excluding hydrogens is 239 g/mol. The normalized spacial score (nSPS) is 23.1. The van der Waals surface area contributed by atoms with Gasteiger partial charge in [0, 0.05) is 17.8 Å². The van der Waals surface area contributed by atoms with Gasteiger partial charge in [0.25, 0.3) is 0 Å². The summed E-state index contributed by atoms with van der Waals surface area (Å²) in [5.74, 6) is 0.122. The van der Waals surface area contributed by atoms with Gasteiger partial charge in [0.1, 0.15) is 5.82 Å². The molecule has 1 aliphatic rings. The van der Waals surface area contributed by atoms with Crippen molar-refractivity contribution in [2.75, 3.05) is 18.0 Å². The van der Waals surface area contributed by atoms with Crippen molar-refractivity contribution in [3.8, 4) is 0 Å². The SMILES string of the molecule is CC1(C)CC(CN)CN1c1ccc(F)c(Cl)c1. The number of benzene rings is 1. The standard InChI is InChI=1S/C13H18ClFN2/c1-13(2)6-9(7-16)8-17(13)10-3-4-12(15)11(14)5-10/h3-5,9H,6-8,16H2,1-2H3. The predicted octanol–water partition coefficient (Wildman–Crippen LogP) is 3.04. The van der Waals surface area contributed by atoms with Gasteiger partial charge in [0.05, 0.1) is 5.02 Å². The third-order valence-electron chi connectivity index (χ3n) is 3.51. The molecule has 4 heteroatoms. The quantitative estimate of drug-likeness (QED) is 0.881. The number of hydrogen-bond acceptors (Lipinski definition) is 2. The Labute approximate surface area is 107 Å². The highest BCUT2D eigenvalue weighted by atomic mass is 35.5. The topological polar surface area (TPSA) is 29.3 Å². The minimum Gasteiger partial charge on any atom is -0.366 e. The fourth-order valence-corrected chi connectivity index (χ4v) is 2.83. The minimum atomic E-state index is -0.372. The summed E-state index contributed by atoms with van der Waals surface area (Å²) in [6.07, 6.45) is 1.05. The molecule has 0 radical (unpaired) electrons. The first kappa shape index (κ1) is 12.7. The van der Waals surface area contributed by atoms with Crippen LogP contribution < -0.4 is 10.6 Å². The molecule has 17 heavy (non-hydrogen) atoms. The molecule has 0 spiro atoms. The van der Waals surface area contributed by atoms with Gasteiger partial charge in [-0.1, -0.05) is 11.6 Å². The minimum absolute atomic E-state index is 0.0468. The Bertz CT molecular complexity index is 420. The van der Waals surface area contributed by atoms with Gasteiger partial charge >= 0.3 is 0 Å². The van der Waals surface area contributed by atoms with Crippen LogP contribution in [0.25, 0.3) is 0 Å². The molecule has 1 saturated heterocycles. The van der Waals surface area contributed by atoms with E-state index in [0.29, 0.717) is 12.5 Å². The van der Waals surface area contributed by atoms with E-state index in [1.54, 1.807) is 12.1 Å². The number of hydrogen-bond donors (Lipinski definition) is 1. The van der Waals surface area contributed by atoms with Gasteiger partial charge in [0.15, 0.2) is 0 Å². The summed E-state index contributed by atoms with van der Waals surface area (Å²) in [4.78, 5) is 2.26. The van der Waals surface area contributed by atoms with E-state index in [4.69, 9.17) is 17.3 Å². The molecule has 1 aromatic rings. The molecule has 1 aliphatic heterocycles. The molecule has 1 atom stereocenters. The Kier molecular flexibility index (Phi) is 3.32. The first-order chi connectivity index (χ1) is 7.94. The highest BCUT2D eigenvalue weighted by molar-refractivity contribution is 6.31. The number of anilines is 1. The van der Waals surface area contributed by atoms with Gasteiger partial charge in [-0.25, -0.2) is 4.39 Å². The summed E-state index contributed by atoms with van der Waals surface area (Å²) < 4.78 is 13.2. The molecule has 1 fully saturated rings. The van der Waals surface area contributed by atoms with Gasteiger partial charge in [0.2, 0.25) is 0 Å². The number of nitrogens with zero attached hydrogens (tertiary/aromatic N) is 1. The van der Waals surface area contributed by atoms with Crippen molar-refractivity contribution >= 4 is 17.3 Å². The average molecular weight is 257 g/mol. The summed E-state index contributed by atoms with van der Waals surface area (Å²) in [5, 5.41) is 0.175. The summed E-state index contributed by atoms with van der Waals surface area (Å²) in [5.41, 5.74) is 6.75. The third kappa shape index (κ3) is 2.40. The first-order valence-corrected chi connectivity index (χ1v) is 6.24. The van der Waals surface area contributed by atoms with Gasteiger partial charge in [-0.2, -0.15) is 0 Å².